The second kappa shape index (κ2) is 4.46. The van der Waals surface area contributed by atoms with E-state index in [1.165, 1.54) is 11.3 Å². The summed E-state index contributed by atoms with van der Waals surface area (Å²) in [6.45, 7) is 7.35. The fourth-order valence-corrected chi connectivity index (χ4v) is 2.21. The molecule has 0 aliphatic carbocycles. The summed E-state index contributed by atoms with van der Waals surface area (Å²) >= 11 is 0. The molecule has 1 aliphatic rings. The van der Waals surface area contributed by atoms with Gasteiger partial charge in [0.05, 0.1) is 11.7 Å². The number of nitrogens with one attached hydrogen (secondary N) is 1. The highest BCUT2D eigenvalue weighted by Crippen LogP contribution is 2.29. The Kier molecular flexibility index (Phi) is 3.20. The molecule has 2 rings (SSSR count). The zero-order valence-corrected chi connectivity index (χ0v) is 10.4. The first-order valence-corrected chi connectivity index (χ1v) is 6.03. The lowest BCUT2D eigenvalue weighted by Crippen LogP contribution is -2.24. The van der Waals surface area contributed by atoms with Gasteiger partial charge in [0.1, 0.15) is 0 Å². The van der Waals surface area contributed by atoms with E-state index in [4.69, 9.17) is 4.74 Å². The molecule has 1 aliphatic heterocycles. The van der Waals surface area contributed by atoms with Crippen molar-refractivity contribution in [2.45, 2.75) is 45.3 Å². The van der Waals surface area contributed by atoms with Gasteiger partial charge in [-0.2, -0.15) is 0 Å². The van der Waals surface area contributed by atoms with Crippen LogP contribution in [0.25, 0.3) is 0 Å². The number of rotatable bonds is 3. The molecule has 2 heteroatoms. The largest absolute Gasteiger partial charge is 0.382 e. The summed E-state index contributed by atoms with van der Waals surface area (Å²) in [5.41, 5.74) is 2.55. The molecule has 2 nitrogen and oxygen atoms in total. The van der Waals surface area contributed by atoms with Gasteiger partial charge in [0.15, 0.2) is 0 Å². The molecule has 0 bridgehead atoms. The lowest BCUT2D eigenvalue weighted by atomic mass is 10.1. The van der Waals surface area contributed by atoms with Gasteiger partial charge in [-0.3, -0.25) is 0 Å². The normalized spacial score (nSPS) is 23.3. The smallest absolute Gasteiger partial charge is 0.0755 e. The van der Waals surface area contributed by atoms with Crippen molar-refractivity contribution >= 4 is 5.69 Å². The quantitative estimate of drug-likeness (QED) is 0.841. The predicted octanol–water partition coefficient (Wildman–Crippen LogP) is 3.36. The summed E-state index contributed by atoms with van der Waals surface area (Å²) in [5.74, 6) is 0. The Morgan fingerprint density at radius 2 is 2.25 bits per heavy atom. The molecule has 1 saturated heterocycles. The van der Waals surface area contributed by atoms with Crippen LogP contribution in [0.5, 0.6) is 0 Å². The first kappa shape index (κ1) is 11.5. The molecule has 1 aromatic rings. The Labute approximate surface area is 98.0 Å². The molecule has 1 atom stereocenters. The Balaban J connectivity index is 1.84. The molecule has 1 fully saturated rings. The monoisotopic (exact) mass is 219 g/mol. The van der Waals surface area contributed by atoms with E-state index in [-0.39, 0.29) is 5.60 Å². The topological polar surface area (TPSA) is 21.3 Å². The maximum atomic E-state index is 5.94. The van der Waals surface area contributed by atoms with E-state index < -0.39 is 0 Å². The highest BCUT2D eigenvalue weighted by molar-refractivity contribution is 5.45. The summed E-state index contributed by atoms with van der Waals surface area (Å²) in [7, 11) is 0. The number of hydrogen-bond acceptors (Lipinski definition) is 2. The zero-order chi connectivity index (χ0) is 11.6. The first-order chi connectivity index (χ1) is 7.55. The molecule has 0 radical (unpaired) electrons. The van der Waals surface area contributed by atoms with Crippen LogP contribution in [0, 0.1) is 6.92 Å². The Hall–Kier alpha value is -1.02. The minimum Gasteiger partial charge on any atom is -0.382 e. The average molecular weight is 219 g/mol. The molecular weight excluding hydrogens is 198 g/mol. The van der Waals surface area contributed by atoms with Gasteiger partial charge in [-0.25, -0.2) is 0 Å². The zero-order valence-electron chi connectivity index (χ0n) is 10.4. The molecule has 16 heavy (non-hydrogen) atoms. The average Bonchev–Trinajstić information content (AvgIpc) is 2.56. The van der Waals surface area contributed by atoms with Crippen LogP contribution in [-0.2, 0) is 4.74 Å². The van der Waals surface area contributed by atoms with Crippen LogP contribution < -0.4 is 5.32 Å². The number of hydrogen-bond donors (Lipinski definition) is 1. The van der Waals surface area contributed by atoms with E-state index in [0.717, 1.165) is 19.4 Å². The van der Waals surface area contributed by atoms with E-state index in [0.29, 0.717) is 6.10 Å². The van der Waals surface area contributed by atoms with Crippen LogP contribution in [0.1, 0.15) is 32.3 Å². The summed E-state index contributed by atoms with van der Waals surface area (Å²) in [6, 6.07) is 8.46. The number of aryl methyl sites for hydroxylation is 1. The standard InChI is InChI=1S/C14H21NO/c1-11-5-4-6-12(9-11)15-10-13-7-8-14(2,3)16-13/h4-6,9,13,15H,7-8,10H2,1-3H3. The number of anilines is 1. The molecule has 0 amide bonds. The molecular formula is C14H21NO. The third-order valence-corrected chi connectivity index (χ3v) is 3.11. The Morgan fingerprint density at radius 3 is 2.88 bits per heavy atom. The van der Waals surface area contributed by atoms with Crippen LogP contribution in [0.3, 0.4) is 0 Å². The van der Waals surface area contributed by atoms with Crippen molar-refractivity contribution in [2.24, 2.45) is 0 Å². The van der Waals surface area contributed by atoms with Gasteiger partial charge >= 0.3 is 0 Å². The van der Waals surface area contributed by atoms with Gasteiger partial charge in [0.2, 0.25) is 0 Å². The van der Waals surface area contributed by atoms with Crippen LogP contribution in [0.4, 0.5) is 5.69 Å². The molecule has 1 heterocycles. The molecule has 0 spiro atoms. The third kappa shape index (κ3) is 2.99. The van der Waals surface area contributed by atoms with Crippen molar-refractivity contribution < 1.29 is 4.74 Å². The van der Waals surface area contributed by atoms with Gasteiger partial charge in [0, 0.05) is 12.2 Å². The van der Waals surface area contributed by atoms with Gasteiger partial charge in [-0.15, -0.1) is 0 Å². The fraction of sp³-hybridized carbons (Fsp3) is 0.571. The number of benzene rings is 1. The van der Waals surface area contributed by atoms with Crippen LogP contribution in [-0.4, -0.2) is 18.2 Å². The molecule has 1 unspecified atom stereocenters. The lowest BCUT2D eigenvalue weighted by molar-refractivity contribution is -0.00910. The third-order valence-electron chi connectivity index (χ3n) is 3.11. The van der Waals surface area contributed by atoms with Crippen LogP contribution in [0.2, 0.25) is 0 Å². The predicted molar refractivity (Wildman–Crippen MR) is 67.9 cm³/mol. The summed E-state index contributed by atoms with van der Waals surface area (Å²) < 4.78 is 5.94. The highest BCUT2D eigenvalue weighted by atomic mass is 16.5. The van der Waals surface area contributed by atoms with E-state index in [1.54, 1.807) is 0 Å². The van der Waals surface area contributed by atoms with Gasteiger partial charge in [-0.05, 0) is 51.3 Å². The maximum absolute atomic E-state index is 5.94. The lowest BCUT2D eigenvalue weighted by Gasteiger charge is -2.19. The first-order valence-electron chi connectivity index (χ1n) is 6.03. The Morgan fingerprint density at radius 1 is 1.44 bits per heavy atom. The van der Waals surface area contributed by atoms with Gasteiger partial charge in [0.25, 0.3) is 0 Å². The van der Waals surface area contributed by atoms with Crippen LogP contribution >= 0.6 is 0 Å². The minimum absolute atomic E-state index is 0.0684. The second-order valence-corrected chi connectivity index (χ2v) is 5.29. The van der Waals surface area contributed by atoms with Crippen molar-refractivity contribution in [3.63, 3.8) is 0 Å². The van der Waals surface area contributed by atoms with Crippen molar-refractivity contribution in [3.05, 3.63) is 29.8 Å². The highest BCUT2D eigenvalue weighted by Gasteiger charge is 2.31. The van der Waals surface area contributed by atoms with Crippen molar-refractivity contribution in [1.82, 2.24) is 0 Å². The summed E-state index contributed by atoms with van der Waals surface area (Å²) in [5, 5.41) is 3.44. The van der Waals surface area contributed by atoms with Gasteiger partial charge < -0.3 is 10.1 Å². The summed E-state index contributed by atoms with van der Waals surface area (Å²) in [4.78, 5) is 0. The summed E-state index contributed by atoms with van der Waals surface area (Å²) in [6.07, 6.45) is 2.68. The number of ether oxygens (including phenoxy) is 1. The maximum Gasteiger partial charge on any atom is 0.0755 e. The van der Waals surface area contributed by atoms with E-state index in [2.05, 4.69) is 50.4 Å². The van der Waals surface area contributed by atoms with E-state index in [9.17, 15) is 0 Å². The molecule has 88 valence electrons. The second-order valence-electron chi connectivity index (χ2n) is 5.29. The minimum atomic E-state index is 0.0684. The molecule has 1 N–H and O–H groups in total. The van der Waals surface area contributed by atoms with Crippen molar-refractivity contribution in [3.8, 4) is 0 Å². The fourth-order valence-electron chi connectivity index (χ4n) is 2.21. The van der Waals surface area contributed by atoms with Crippen molar-refractivity contribution in [1.29, 1.82) is 0 Å². The van der Waals surface area contributed by atoms with E-state index in [1.807, 2.05) is 0 Å². The molecule has 1 aromatic carbocycles. The Bertz CT molecular complexity index is 360. The van der Waals surface area contributed by atoms with Gasteiger partial charge in [-0.1, -0.05) is 12.1 Å². The van der Waals surface area contributed by atoms with Crippen LogP contribution in [0.15, 0.2) is 24.3 Å². The van der Waals surface area contributed by atoms with Crippen molar-refractivity contribution in [2.75, 3.05) is 11.9 Å². The molecule has 0 aromatic heterocycles. The molecule has 0 saturated carbocycles. The van der Waals surface area contributed by atoms with E-state index >= 15 is 0 Å². The SMILES string of the molecule is Cc1cccc(NCC2CCC(C)(C)O2)c1.